The van der Waals surface area contributed by atoms with Crippen LogP contribution >= 0.6 is 0 Å². The zero-order chi connectivity index (χ0) is 34.3. The molecule has 0 N–H and O–H groups in total. The predicted molar refractivity (Wildman–Crippen MR) is 216 cm³/mol. The lowest BCUT2D eigenvalue weighted by atomic mass is 9.96. The van der Waals surface area contributed by atoms with Gasteiger partial charge in [-0.1, -0.05) is 242 Å². The van der Waals surface area contributed by atoms with Crippen LogP contribution in [-0.2, 0) is 0 Å². The van der Waals surface area contributed by atoms with E-state index in [0.29, 0.717) is 6.04 Å². The molecule has 48 heavy (non-hydrogen) atoms. The maximum atomic E-state index is 2.83. The van der Waals surface area contributed by atoms with E-state index in [2.05, 4.69) is 93.3 Å². The van der Waals surface area contributed by atoms with E-state index in [1.165, 1.54) is 191 Å². The minimum Gasteiger partial charge on any atom is -0.292 e. The molecule has 1 heteroatoms. The smallest absolute Gasteiger partial charge is 0.0601 e. The molecule has 0 aliphatic carbocycles. The van der Waals surface area contributed by atoms with Gasteiger partial charge in [-0.2, -0.15) is 0 Å². The molecule has 0 saturated carbocycles. The van der Waals surface area contributed by atoms with Gasteiger partial charge in [0.1, 0.15) is 0 Å². The Bertz CT molecular complexity index is 843. The van der Waals surface area contributed by atoms with Crippen molar-refractivity contribution in [1.29, 1.82) is 0 Å². The number of hydrogen-bond donors (Lipinski definition) is 0. The van der Waals surface area contributed by atoms with E-state index in [4.69, 9.17) is 0 Å². The van der Waals surface area contributed by atoms with Crippen LogP contribution in [0.2, 0.25) is 0 Å². The second-order valence-electron chi connectivity index (χ2n) is 16.1. The Kier molecular flexibility index (Phi) is 26.8. The number of benzene rings is 2. The van der Waals surface area contributed by atoms with E-state index >= 15 is 0 Å². The molecular formula is C47H81N. The first kappa shape index (κ1) is 42.6. The van der Waals surface area contributed by atoms with Crippen LogP contribution < -0.4 is 0 Å². The lowest BCUT2D eigenvalue weighted by molar-refractivity contribution is 0.214. The summed E-state index contributed by atoms with van der Waals surface area (Å²) >= 11 is 0. The van der Waals surface area contributed by atoms with Gasteiger partial charge in [0.15, 0.2) is 0 Å². The van der Waals surface area contributed by atoms with Crippen molar-refractivity contribution < 1.29 is 0 Å². The number of unbranched alkanes of at least 4 members (excludes halogenated alkanes) is 22. The maximum Gasteiger partial charge on any atom is 0.0601 e. The molecule has 274 valence electrons. The van der Waals surface area contributed by atoms with Crippen molar-refractivity contribution in [1.82, 2.24) is 4.90 Å². The van der Waals surface area contributed by atoms with E-state index in [0.717, 1.165) is 11.8 Å². The van der Waals surface area contributed by atoms with Crippen molar-refractivity contribution in [3.8, 4) is 0 Å². The van der Waals surface area contributed by atoms with Gasteiger partial charge in [0, 0.05) is 0 Å². The van der Waals surface area contributed by atoms with Gasteiger partial charge in [-0.05, 0) is 48.9 Å². The normalized spacial score (nSPS) is 11.9. The van der Waals surface area contributed by atoms with Crippen LogP contribution in [0, 0.1) is 11.8 Å². The second-order valence-corrected chi connectivity index (χ2v) is 16.1. The Balaban J connectivity index is 1.67. The first-order chi connectivity index (χ1) is 23.6. The van der Waals surface area contributed by atoms with E-state index in [-0.39, 0.29) is 0 Å². The molecule has 2 aromatic carbocycles. The van der Waals surface area contributed by atoms with Crippen LogP contribution in [0.1, 0.15) is 212 Å². The maximum absolute atomic E-state index is 2.83. The van der Waals surface area contributed by atoms with E-state index < -0.39 is 0 Å². The second kappa shape index (κ2) is 30.2. The van der Waals surface area contributed by atoms with Crippen LogP contribution in [0.4, 0.5) is 0 Å². The number of rotatable bonds is 33. The number of nitrogens with zero attached hydrogens (tertiary/aromatic N) is 1. The summed E-state index contributed by atoms with van der Waals surface area (Å²) in [5.41, 5.74) is 2.90. The van der Waals surface area contributed by atoms with Crippen LogP contribution in [0.25, 0.3) is 0 Å². The van der Waals surface area contributed by atoms with Gasteiger partial charge in [-0.3, -0.25) is 4.90 Å². The highest BCUT2D eigenvalue weighted by Crippen LogP contribution is 2.30. The summed E-state index contributed by atoms with van der Waals surface area (Å²) in [6.45, 7) is 11.8. The lowest BCUT2D eigenvalue weighted by Crippen LogP contribution is -2.31. The molecule has 0 atom stereocenters. The standard InChI is InChI=1S/C47H81N/c1-43(2)35-27-21-17-13-9-5-7-11-15-19-23-33-41-48(47(45-37-29-25-30-38-45)46-39-31-26-32-40-46)42-34-24-20-16-12-8-6-10-14-18-22-28-36-44(3)4/h25-26,29-32,37-40,43-44,47H,5-24,27-28,33-36,41-42H2,1-4H3. The van der Waals surface area contributed by atoms with Crippen molar-refractivity contribution in [2.24, 2.45) is 11.8 Å². The van der Waals surface area contributed by atoms with Gasteiger partial charge in [0.2, 0.25) is 0 Å². The molecular weight excluding hydrogens is 579 g/mol. The Morgan fingerprint density at radius 2 is 0.583 bits per heavy atom. The Morgan fingerprint density at radius 1 is 0.333 bits per heavy atom. The third-order valence-corrected chi connectivity index (χ3v) is 10.5. The molecule has 0 heterocycles. The molecule has 0 amide bonds. The van der Waals surface area contributed by atoms with E-state index in [1.807, 2.05) is 0 Å². The molecule has 2 rings (SSSR count). The third kappa shape index (κ3) is 22.9. The van der Waals surface area contributed by atoms with Gasteiger partial charge in [-0.25, -0.2) is 0 Å². The Labute approximate surface area is 301 Å². The molecule has 0 aromatic heterocycles. The highest BCUT2D eigenvalue weighted by molar-refractivity contribution is 5.31. The average Bonchev–Trinajstić information content (AvgIpc) is 3.09. The summed E-state index contributed by atoms with van der Waals surface area (Å²) < 4.78 is 0. The zero-order valence-corrected chi connectivity index (χ0v) is 32.8. The molecule has 0 radical (unpaired) electrons. The zero-order valence-electron chi connectivity index (χ0n) is 32.8. The highest BCUT2D eigenvalue weighted by Gasteiger charge is 2.21. The third-order valence-electron chi connectivity index (χ3n) is 10.5. The monoisotopic (exact) mass is 660 g/mol. The van der Waals surface area contributed by atoms with Gasteiger partial charge < -0.3 is 0 Å². The van der Waals surface area contributed by atoms with Crippen LogP contribution in [-0.4, -0.2) is 18.0 Å². The topological polar surface area (TPSA) is 3.24 Å². The molecule has 2 aromatic rings. The number of hydrogen-bond acceptors (Lipinski definition) is 1. The lowest BCUT2D eigenvalue weighted by Gasteiger charge is -2.33. The fraction of sp³-hybridized carbons (Fsp3) is 0.745. The minimum atomic E-state index is 0.364. The molecule has 0 spiro atoms. The quantitative estimate of drug-likeness (QED) is 0.0689. The molecule has 0 fully saturated rings. The summed E-state index contributed by atoms with van der Waals surface area (Å²) in [7, 11) is 0. The largest absolute Gasteiger partial charge is 0.292 e. The minimum absolute atomic E-state index is 0.364. The van der Waals surface area contributed by atoms with Gasteiger partial charge >= 0.3 is 0 Å². The van der Waals surface area contributed by atoms with Crippen LogP contribution in [0.5, 0.6) is 0 Å². The molecule has 0 aliphatic rings. The summed E-state index contributed by atoms with van der Waals surface area (Å²) in [6.07, 6.45) is 37.0. The molecule has 0 unspecified atom stereocenters. The summed E-state index contributed by atoms with van der Waals surface area (Å²) in [5.74, 6) is 1.75. The first-order valence-electron chi connectivity index (χ1n) is 21.4. The van der Waals surface area contributed by atoms with Crippen molar-refractivity contribution in [2.45, 2.75) is 201 Å². The fourth-order valence-corrected chi connectivity index (χ4v) is 7.53. The van der Waals surface area contributed by atoms with Gasteiger partial charge in [0.25, 0.3) is 0 Å². The molecule has 0 aliphatic heterocycles. The Hall–Kier alpha value is -1.60. The summed E-state index contributed by atoms with van der Waals surface area (Å²) in [5, 5.41) is 0. The van der Waals surface area contributed by atoms with Crippen molar-refractivity contribution in [3.05, 3.63) is 71.8 Å². The summed E-state index contributed by atoms with van der Waals surface area (Å²) in [4.78, 5) is 2.83. The van der Waals surface area contributed by atoms with Crippen molar-refractivity contribution in [3.63, 3.8) is 0 Å². The van der Waals surface area contributed by atoms with Gasteiger partial charge in [-0.15, -0.1) is 0 Å². The van der Waals surface area contributed by atoms with Crippen molar-refractivity contribution >= 4 is 0 Å². The Morgan fingerprint density at radius 3 is 0.854 bits per heavy atom. The molecule has 0 bridgehead atoms. The van der Waals surface area contributed by atoms with E-state index in [1.54, 1.807) is 0 Å². The SMILES string of the molecule is CC(C)CCCCCCCCCCCCCCN(CCCCCCCCCCCCCCC(C)C)C(c1ccccc1)c1ccccc1. The van der Waals surface area contributed by atoms with Crippen LogP contribution in [0.3, 0.4) is 0 Å². The highest BCUT2D eigenvalue weighted by atomic mass is 15.2. The van der Waals surface area contributed by atoms with Gasteiger partial charge in [0.05, 0.1) is 6.04 Å². The molecule has 1 nitrogen and oxygen atoms in total. The van der Waals surface area contributed by atoms with E-state index in [9.17, 15) is 0 Å². The first-order valence-corrected chi connectivity index (χ1v) is 21.4. The average molecular weight is 660 g/mol. The van der Waals surface area contributed by atoms with Crippen LogP contribution in [0.15, 0.2) is 60.7 Å². The molecule has 0 saturated heterocycles. The summed E-state index contributed by atoms with van der Waals surface area (Å²) in [6, 6.07) is 23.0. The van der Waals surface area contributed by atoms with Crippen molar-refractivity contribution in [2.75, 3.05) is 13.1 Å². The fourth-order valence-electron chi connectivity index (χ4n) is 7.53. The predicted octanol–water partition coefficient (Wildman–Crippen LogP) is 15.5.